The molecule has 1 aliphatic heterocycles. The maximum absolute atomic E-state index is 12.7. The first kappa shape index (κ1) is 15.9. The Morgan fingerprint density at radius 2 is 1.96 bits per heavy atom. The van der Waals surface area contributed by atoms with Crippen molar-refractivity contribution in [3.05, 3.63) is 46.8 Å². The molecule has 2 heterocycles. The Morgan fingerprint density at radius 3 is 2.70 bits per heavy atom. The van der Waals surface area contributed by atoms with Crippen LogP contribution < -0.4 is 4.72 Å². The van der Waals surface area contributed by atoms with Gasteiger partial charge in [-0.05, 0) is 51.0 Å². The Bertz CT molecular complexity index is 897. The highest BCUT2D eigenvalue weighted by atomic mass is 32.2. The molecule has 3 rings (SSSR count). The van der Waals surface area contributed by atoms with E-state index in [1.165, 1.54) is 0 Å². The van der Waals surface area contributed by atoms with Crippen molar-refractivity contribution in [2.75, 3.05) is 0 Å². The minimum Gasteiger partial charge on any atom is -0.263 e. The second-order valence-electron chi connectivity index (χ2n) is 5.98. The van der Waals surface area contributed by atoms with E-state index < -0.39 is 16.1 Å². The molecule has 1 aromatic heterocycles. The number of fused-ring (bicyclic) bond motifs is 1. The zero-order valence-electron chi connectivity index (χ0n) is 13.7. The molecule has 0 spiro atoms. The average Bonchev–Trinajstić information content (AvgIpc) is 2.99. The summed E-state index contributed by atoms with van der Waals surface area (Å²) >= 11 is 0. The molecule has 1 aliphatic rings. The molecule has 122 valence electrons. The first-order chi connectivity index (χ1) is 10.8. The van der Waals surface area contributed by atoms with Crippen LogP contribution in [0.2, 0.25) is 0 Å². The van der Waals surface area contributed by atoms with Crippen molar-refractivity contribution >= 4 is 15.9 Å². The van der Waals surface area contributed by atoms with Crippen molar-refractivity contribution in [2.24, 2.45) is 4.99 Å². The van der Waals surface area contributed by atoms with Crippen LogP contribution in [0.25, 0.3) is 0 Å². The first-order valence-electron chi connectivity index (χ1n) is 7.48. The Morgan fingerprint density at radius 1 is 1.22 bits per heavy atom. The molecule has 1 atom stereocenters. The second-order valence-corrected chi connectivity index (χ2v) is 7.66. The van der Waals surface area contributed by atoms with Crippen molar-refractivity contribution in [3.8, 4) is 0 Å². The van der Waals surface area contributed by atoms with Crippen LogP contribution in [0.4, 0.5) is 0 Å². The zero-order valence-corrected chi connectivity index (χ0v) is 14.5. The van der Waals surface area contributed by atoms with E-state index in [2.05, 4.69) is 14.8 Å². The molecule has 0 radical (unpaired) electrons. The molecular weight excluding hydrogens is 312 g/mol. The van der Waals surface area contributed by atoms with Crippen LogP contribution in [0, 0.1) is 20.8 Å². The van der Waals surface area contributed by atoms with Gasteiger partial charge in [0.15, 0.2) is 0 Å². The third-order valence-electron chi connectivity index (χ3n) is 3.88. The summed E-state index contributed by atoms with van der Waals surface area (Å²) in [6.45, 7) is 7.90. The number of aryl methyl sites for hydroxylation is 3. The molecule has 0 aliphatic carbocycles. The average molecular weight is 332 g/mol. The summed E-state index contributed by atoms with van der Waals surface area (Å²) in [5.41, 5.74) is 3.51. The number of aliphatic imine (C=N–C) groups is 1. The van der Waals surface area contributed by atoms with Gasteiger partial charge < -0.3 is 0 Å². The normalized spacial score (nSPS) is 15.4. The zero-order chi connectivity index (χ0) is 16.8. The molecule has 0 saturated carbocycles. The molecular formula is C16H20N4O2S. The maximum Gasteiger partial charge on any atom is 0.241 e. The minimum atomic E-state index is -3.62. The highest BCUT2D eigenvalue weighted by Gasteiger charge is 2.27. The van der Waals surface area contributed by atoms with Gasteiger partial charge in [-0.25, -0.2) is 17.8 Å². The Kier molecular flexibility index (Phi) is 3.85. The van der Waals surface area contributed by atoms with Gasteiger partial charge in [-0.2, -0.15) is 5.10 Å². The highest BCUT2D eigenvalue weighted by molar-refractivity contribution is 7.89. The van der Waals surface area contributed by atoms with Gasteiger partial charge in [0.05, 0.1) is 28.9 Å². The summed E-state index contributed by atoms with van der Waals surface area (Å²) in [5, 5.41) is 4.38. The van der Waals surface area contributed by atoms with E-state index in [0.29, 0.717) is 17.3 Å². The SMILES string of the molecule is Cc1ccc(C)c(S(=O)(=O)NC(C)C2=NCc3cc(C)nn32)c1. The van der Waals surface area contributed by atoms with Crippen LogP contribution in [0.15, 0.2) is 34.2 Å². The number of nitrogens with one attached hydrogen (secondary N) is 1. The summed E-state index contributed by atoms with van der Waals surface area (Å²) in [7, 11) is -3.62. The van der Waals surface area contributed by atoms with E-state index in [4.69, 9.17) is 0 Å². The Balaban J connectivity index is 1.88. The molecule has 1 unspecified atom stereocenters. The predicted molar refractivity (Wildman–Crippen MR) is 89.2 cm³/mol. The van der Waals surface area contributed by atoms with E-state index >= 15 is 0 Å². The van der Waals surface area contributed by atoms with Crippen LogP contribution in [-0.2, 0) is 16.6 Å². The van der Waals surface area contributed by atoms with Gasteiger partial charge in [-0.15, -0.1) is 0 Å². The number of nitrogens with zero attached hydrogens (tertiary/aromatic N) is 3. The number of hydrogen-bond acceptors (Lipinski definition) is 4. The monoisotopic (exact) mass is 332 g/mol. The smallest absolute Gasteiger partial charge is 0.241 e. The topological polar surface area (TPSA) is 76.3 Å². The molecule has 2 aromatic rings. The third-order valence-corrected chi connectivity index (χ3v) is 5.56. The molecule has 7 heteroatoms. The van der Waals surface area contributed by atoms with Gasteiger partial charge in [-0.3, -0.25) is 4.99 Å². The summed E-state index contributed by atoms with van der Waals surface area (Å²) in [4.78, 5) is 4.72. The molecule has 0 fully saturated rings. The number of aromatic nitrogens is 2. The summed E-state index contributed by atoms with van der Waals surface area (Å²) in [6.07, 6.45) is 0. The number of sulfonamides is 1. The van der Waals surface area contributed by atoms with Crippen molar-refractivity contribution in [3.63, 3.8) is 0 Å². The predicted octanol–water partition coefficient (Wildman–Crippen LogP) is 1.94. The molecule has 23 heavy (non-hydrogen) atoms. The van der Waals surface area contributed by atoms with E-state index in [1.54, 1.807) is 24.6 Å². The van der Waals surface area contributed by atoms with Crippen LogP contribution >= 0.6 is 0 Å². The lowest BCUT2D eigenvalue weighted by atomic mass is 10.2. The second kappa shape index (κ2) is 5.58. The van der Waals surface area contributed by atoms with Gasteiger partial charge >= 0.3 is 0 Å². The largest absolute Gasteiger partial charge is 0.263 e. The lowest BCUT2D eigenvalue weighted by Gasteiger charge is -2.16. The van der Waals surface area contributed by atoms with Gasteiger partial charge in [0.2, 0.25) is 10.0 Å². The lowest BCUT2D eigenvalue weighted by molar-refractivity contribution is 0.576. The quantitative estimate of drug-likeness (QED) is 0.929. The maximum atomic E-state index is 12.7. The van der Waals surface area contributed by atoms with Gasteiger partial charge in [0, 0.05) is 0 Å². The van der Waals surface area contributed by atoms with Crippen LogP contribution in [0.1, 0.15) is 29.4 Å². The van der Waals surface area contributed by atoms with Gasteiger partial charge in [0.25, 0.3) is 0 Å². The van der Waals surface area contributed by atoms with E-state index in [1.807, 2.05) is 32.0 Å². The fourth-order valence-electron chi connectivity index (χ4n) is 2.76. The van der Waals surface area contributed by atoms with E-state index in [0.717, 1.165) is 22.5 Å². The Labute approximate surface area is 136 Å². The van der Waals surface area contributed by atoms with Crippen molar-refractivity contribution < 1.29 is 8.42 Å². The number of hydrogen-bond donors (Lipinski definition) is 1. The minimum absolute atomic E-state index is 0.305. The molecule has 1 N–H and O–H groups in total. The third kappa shape index (κ3) is 2.94. The van der Waals surface area contributed by atoms with Crippen LogP contribution in [-0.4, -0.2) is 30.1 Å². The summed E-state index contributed by atoms with van der Waals surface area (Å²) in [6, 6.07) is 6.90. The van der Waals surface area contributed by atoms with Gasteiger partial charge in [-0.1, -0.05) is 12.1 Å². The molecule has 6 nitrogen and oxygen atoms in total. The number of benzene rings is 1. The van der Waals surface area contributed by atoms with Gasteiger partial charge in [0.1, 0.15) is 5.84 Å². The van der Waals surface area contributed by atoms with E-state index in [-0.39, 0.29) is 0 Å². The van der Waals surface area contributed by atoms with Crippen LogP contribution in [0.5, 0.6) is 0 Å². The van der Waals surface area contributed by atoms with Crippen molar-refractivity contribution in [1.29, 1.82) is 0 Å². The van der Waals surface area contributed by atoms with E-state index in [9.17, 15) is 8.42 Å². The molecule has 1 aromatic carbocycles. The fourth-order valence-corrected chi connectivity index (χ4v) is 4.29. The van der Waals surface area contributed by atoms with Crippen molar-refractivity contribution in [1.82, 2.24) is 14.5 Å². The number of rotatable bonds is 4. The van der Waals surface area contributed by atoms with Crippen LogP contribution in [0.3, 0.4) is 0 Å². The molecule has 0 bridgehead atoms. The molecule has 0 amide bonds. The standard InChI is InChI=1S/C16H20N4O2S/c1-10-5-6-11(2)15(7-10)23(21,22)19-13(4)16-17-9-14-8-12(3)18-20(14)16/h5-8,13,19H,9H2,1-4H3. The Hall–Kier alpha value is -1.99. The summed E-state index contributed by atoms with van der Waals surface area (Å²) in [5.74, 6) is 0.627. The van der Waals surface area contributed by atoms with Crippen molar-refractivity contribution in [2.45, 2.75) is 45.2 Å². The lowest BCUT2D eigenvalue weighted by Crippen LogP contribution is -2.41. The molecule has 0 saturated heterocycles. The fraction of sp³-hybridized carbons (Fsp3) is 0.375. The summed E-state index contributed by atoms with van der Waals surface area (Å²) < 4.78 is 29.8. The first-order valence-corrected chi connectivity index (χ1v) is 8.96. The highest BCUT2D eigenvalue weighted by Crippen LogP contribution is 2.19.